The van der Waals surface area contributed by atoms with Crippen molar-refractivity contribution in [1.82, 2.24) is 0 Å². The van der Waals surface area contributed by atoms with Crippen molar-refractivity contribution in [2.24, 2.45) is 0 Å². The van der Waals surface area contributed by atoms with Gasteiger partial charge in [-0.25, -0.2) is 0 Å². The summed E-state index contributed by atoms with van der Waals surface area (Å²) in [5.41, 5.74) is 3.93. The Balaban J connectivity index is 1.24. The smallest absolute Gasteiger partial charge is 0.0901 e. The SMILES string of the molecule is c1ccc(C(c2ccccc2)c2ccc(Sc3ccc([S+](c4ccccc4)c4ccccc4)cc3)cc2)cc1. The van der Waals surface area contributed by atoms with Crippen molar-refractivity contribution < 1.29 is 0 Å². The summed E-state index contributed by atoms with van der Waals surface area (Å²) in [5, 5.41) is 0. The van der Waals surface area contributed by atoms with Gasteiger partial charge >= 0.3 is 0 Å². The maximum absolute atomic E-state index is 2.29. The first kappa shape index (κ1) is 25.3. The molecule has 0 fully saturated rings. The van der Waals surface area contributed by atoms with E-state index in [9.17, 15) is 0 Å². The van der Waals surface area contributed by atoms with E-state index in [1.807, 2.05) is 11.8 Å². The van der Waals surface area contributed by atoms with Crippen molar-refractivity contribution in [3.05, 3.63) is 187 Å². The first-order chi connectivity index (χ1) is 19.3. The predicted octanol–water partition coefficient (Wildman–Crippen LogP) is 10.1. The van der Waals surface area contributed by atoms with Crippen molar-refractivity contribution in [2.45, 2.75) is 30.4 Å². The highest BCUT2D eigenvalue weighted by atomic mass is 32.2. The number of rotatable bonds is 8. The highest BCUT2D eigenvalue weighted by Gasteiger charge is 2.28. The summed E-state index contributed by atoms with van der Waals surface area (Å²) in [4.78, 5) is 6.51. The molecule has 6 aromatic rings. The second-order valence-electron chi connectivity index (χ2n) is 9.33. The molecular formula is C37H29S2+. The number of hydrogen-bond donors (Lipinski definition) is 0. The second kappa shape index (κ2) is 12.3. The lowest BCUT2D eigenvalue weighted by Crippen LogP contribution is -2.04. The fourth-order valence-corrected chi connectivity index (χ4v) is 7.80. The van der Waals surface area contributed by atoms with Crippen molar-refractivity contribution in [3.63, 3.8) is 0 Å². The third-order valence-corrected chi connectivity index (χ3v) is 9.98. The van der Waals surface area contributed by atoms with Gasteiger partial charge in [0.25, 0.3) is 0 Å². The van der Waals surface area contributed by atoms with Crippen LogP contribution in [0.25, 0.3) is 0 Å². The summed E-state index contributed by atoms with van der Waals surface area (Å²) >= 11 is 1.81. The molecule has 0 saturated heterocycles. The van der Waals surface area contributed by atoms with Crippen LogP contribution in [0.4, 0.5) is 0 Å². The molecule has 0 radical (unpaired) electrons. The lowest BCUT2D eigenvalue weighted by Gasteiger charge is -2.19. The molecule has 188 valence electrons. The average Bonchev–Trinajstić information content (AvgIpc) is 3.01. The zero-order valence-corrected chi connectivity index (χ0v) is 23.2. The Bertz CT molecular complexity index is 1380. The van der Waals surface area contributed by atoms with Crippen LogP contribution in [0.15, 0.2) is 194 Å². The minimum Gasteiger partial charge on any atom is -0.0901 e. The molecule has 2 heteroatoms. The number of benzene rings is 6. The van der Waals surface area contributed by atoms with Gasteiger partial charge < -0.3 is 0 Å². The minimum atomic E-state index is -0.124. The van der Waals surface area contributed by atoms with E-state index in [1.54, 1.807) is 0 Å². The van der Waals surface area contributed by atoms with Gasteiger partial charge in [0, 0.05) is 15.7 Å². The molecule has 0 atom stereocenters. The van der Waals surface area contributed by atoms with E-state index >= 15 is 0 Å². The summed E-state index contributed by atoms with van der Waals surface area (Å²) in [6.45, 7) is 0. The first-order valence-corrected chi connectivity index (χ1v) is 15.2. The summed E-state index contributed by atoms with van der Waals surface area (Å²) < 4.78 is 0. The lowest BCUT2D eigenvalue weighted by atomic mass is 9.85. The summed E-state index contributed by atoms with van der Waals surface area (Å²) in [7, 11) is -0.124. The largest absolute Gasteiger partial charge is 0.166 e. The standard InChI is InChI=1S/C37H29S2/c1-5-13-29(14-6-1)37(30-15-7-2-8-16-30)31-21-23-32(24-22-31)38-33-25-27-36(28-26-33)39(34-17-9-3-10-18-34)35-19-11-4-12-20-35/h1-28,37H/q+1. The average molecular weight is 538 g/mol. The fraction of sp³-hybridized carbons (Fsp3) is 0.0270. The highest BCUT2D eigenvalue weighted by molar-refractivity contribution is 7.99. The summed E-state index contributed by atoms with van der Waals surface area (Å²) in [6, 6.07) is 61.4. The fourth-order valence-electron chi connectivity index (χ4n) is 4.90. The molecule has 0 aliphatic heterocycles. The first-order valence-electron chi connectivity index (χ1n) is 13.2. The Kier molecular flexibility index (Phi) is 7.95. The zero-order chi connectivity index (χ0) is 26.3. The van der Waals surface area contributed by atoms with Gasteiger partial charge in [-0.15, -0.1) is 0 Å². The Morgan fingerprint density at radius 2 is 0.667 bits per heavy atom. The van der Waals surface area contributed by atoms with E-state index in [4.69, 9.17) is 0 Å². The van der Waals surface area contributed by atoms with Crippen molar-refractivity contribution in [3.8, 4) is 0 Å². The van der Waals surface area contributed by atoms with E-state index in [0.717, 1.165) is 0 Å². The predicted molar refractivity (Wildman–Crippen MR) is 166 cm³/mol. The zero-order valence-electron chi connectivity index (χ0n) is 21.6. The van der Waals surface area contributed by atoms with E-state index in [-0.39, 0.29) is 16.8 Å². The van der Waals surface area contributed by atoms with Gasteiger partial charge in [-0.3, -0.25) is 0 Å². The van der Waals surface area contributed by atoms with Crippen molar-refractivity contribution in [1.29, 1.82) is 0 Å². The molecule has 0 heterocycles. The Morgan fingerprint density at radius 3 is 1.10 bits per heavy atom. The molecular weight excluding hydrogens is 509 g/mol. The van der Waals surface area contributed by atoms with Crippen molar-refractivity contribution >= 4 is 22.7 Å². The summed E-state index contributed by atoms with van der Waals surface area (Å²) in [6.07, 6.45) is 0. The quantitative estimate of drug-likeness (QED) is 0.137. The molecule has 39 heavy (non-hydrogen) atoms. The maximum Gasteiger partial charge on any atom is 0.166 e. The van der Waals surface area contributed by atoms with Gasteiger partial charge in [-0.1, -0.05) is 121 Å². The molecule has 0 aliphatic rings. The van der Waals surface area contributed by atoms with Crippen molar-refractivity contribution in [2.75, 3.05) is 0 Å². The van der Waals surface area contributed by atoms with Gasteiger partial charge in [-0.05, 0) is 77.4 Å². The molecule has 0 spiro atoms. The molecule has 0 N–H and O–H groups in total. The molecule has 0 aliphatic carbocycles. The number of hydrogen-bond acceptors (Lipinski definition) is 1. The van der Waals surface area contributed by atoms with Crippen LogP contribution in [0.3, 0.4) is 0 Å². The van der Waals surface area contributed by atoms with Gasteiger partial charge in [0.05, 0.1) is 10.9 Å². The normalized spacial score (nSPS) is 11.1. The summed E-state index contributed by atoms with van der Waals surface area (Å²) in [5.74, 6) is 0.222. The molecule has 6 aromatic carbocycles. The van der Waals surface area contributed by atoms with Crippen LogP contribution in [-0.4, -0.2) is 0 Å². The third kappa shape index (κ3) is 6.04. The monoisotopic (exact) mass is 537 g/mol. The maximum atomic E-state index is 2.29. The van der Waals surface area contributed by atoms with Crippen LogP contribution >= 0.6 is 11.8 Å². The Hall–Kier alpha value is -3.98. The van der Waals surface area contributed by atoms with Crippen LogP contribution < -0.4 is 0 Å². The van der Waals surface area contributed by atoms with E-state index < -0.39 is 0 Å². The Labute approximate surface area is 238 Å². The van der Waals surface area contributed by atoms with E-state index in [0.29, 0.717) is 0 Å². The van der Waals surface area contributed by atoms with Crippen LogP contribution in [0.1, 0.15) is 22.6 Å². The van der Waals surface area contributed by atoms with E-state index in [1.165, 1.54) is 41.2 Å². The molecule has 0 amide bonds. The molecule has 0 unspecified atom stereocenters. The van der Waals surface area contributed by atoms with Gasteiger partial charge in [0.15, 0.2) is 14.7 Å². The molecule has 0 bridgehead atoms. The molecule has 0 saturated carbocycles. The topological polar surface area (TPSA) is 0 Å². The molecule has 0 aromatic heterocycles. The molecule has 6 rings (SSSR count). The minimum absolute atomic E-state index is 0.124. The van der Waals surface area contributed by atoms with Gasteiger partial charge in [0.2, 0.25) is 0 Å². The van der Waals surface area contributed by atoms with Crippen LogP contribution in [0, 0.1) is 0 Å². The van der Waals surface area contributed by atoms with E-state index in [2.05, 4.69) is 170 Å². The highest BCUT2D eigenvalue weighted by Crippen LogP contribution is 2.36. The van der Waals surface area contributed by atoms with Gasteiger partial charge in [0.1, 0.15) is 0 Å². The van der Waals surface area contributed by atoms with Crippen LogP contribution in [-0.2, 0) is 10.9 Å². The molecule has 0 nitrogen and oxygen atoms in total. The van der Waals surface area contributed by atoms with Crippen LogP contribution in [0.5, 0.6) is 0 Å². The second-order valence-corrected chi connectivity index (χ2v) is 12.5. The van der Waals surface area contributed by atoms with Gasteiger partial charge in [-0.2, -0.15) is 0 Å². The Morgan fingerprint density at radius 1 is 0.333 bits per heavy atom. The third-order valence-electron chi connectivity index (χ3n) is 6.73. The lowest BCUT2D eigenvalue weighted by molar-refractivity contribution is 0.974. The van der Waals surface area contributed by atoms with Crippen LogP contribution in [0.2, 0.25) is 0 Å².